The van der Waals surface area contributed by atoms with Gasteiger partial charge in [0, 0.05) is 11.5 Å². The molecule has 0 spiro atoms. The molecule has 0 saturated carbocycles. The minimum atomic E-state index is -0.175. The summed E-state index contributed by atoms with van der Waals surface area (Å²) in [5, 5.41) is 0. The molecule has 0 saturated heterocycles. The molecule has 2 aromatic rings. The topological polar surface area (TPSA) is 26.3 Å². The molecule has 0 bridgehead atoms. The molecule has 0 aliphatic rings. The summed E-state index contributed by atoms with van der Waals surface area (Å²) in [6, 6.07) is 16.2. The van der Waals surface area contributed by atoms with Crippen LogP contribution in [-0.2, 0) is 11.2 Å². The summed E-state index contributed by atoms with van der Waals surface area (Å²) in [5.74, 6) is 1.12. The van der Waals surface area contributed by atoms with Gasteiger partial charge in [0.2, 0.25) is 0 Å². The van der Waals surface area contributed by atoms with Crippen LogP contribution in [0.3, 0.4) is 0 Å². The highest BCUT2D eigenvalue weighted by Gasteiger charge is 2.15. The van der Waals surface area contributed by atoms with E-state index in [9.17, 15) is 4.79 Å². The molecule has 1 atom stereocenters. The summed E-state index contributed by atoms with van der Waals surface area (Å²) in [4.78, 5) is 11.5. The molecule has 0 aromatic heterocycles. The molecule has 0 amide bonds. The van der Waals surface area contributed by atoms with E-state index < -0.39 is 0 Å². The van der Waals surface area contributed by atoms with Gasteiger partial charge >= 0.3 is 0 Å². The molecule has 2 aromatic carbocycles. The standard InChI is InChI=1S/C19H22O2/c1-14(2)16-10-8-15(9-11-16)12-17(13-20)18-6-4-5-7-19(18)21-3/h4-11,13-14,17H,12H2,1-3H3. The molecule has 2 heteroatoms. The van der Waals surface area contributed by atoms with Gasteiger partial charge in [0.05, 0.1) is 7.11 Å². The van der Waals surface area contributed by atoms with Crippen LogP contribution in [0.4, 0.5) is 0 Å². The minimum absolute atomic E-state index is 0.175. The third-order valence-corrected chi connectivity index (χ3v) is 3.80. The molecule has 2 nitrogen and oxygen atoms in total. The summed E-state index contributed by atoms with van der Waals surface area (Å²) >= 11 is 0. The molecule has 0 N–H and O–H groups in total. The Kier molecular flexibility index (Phi) is 5.15. The Hall–Kier alpha value is -2.09. The van der Waals surface area contributed by atoms with Crippen LogP contribution in [0, 0.1) is 0 Å². The molecule has 0 fully saturated rings. The first kappa shape index (κ1) is 15.3. The second kappa shape index (κ2) is 7.07. The van der Waals surface area contributed by atoms with Gasteiger partial charge in [-0.25, -0.2) is 0 Å². The van der Waals surface area contributed by atoms with E-state index in [2.05, 4.69) is 38.1 Å². The maximum atomic E-state index is 11.5. The average molecular weight is 282 g/mol. The molecule has 0 radical (unpaired) electrons. The molecule has 1 unspecified atom stereocenters. The minimum Gasteiger partial charge on any atom is -0.496 e. The van der Waals surface area contributed by atoms with Gasteiger partial charge in [-0.05, 0) is 29.5 Å². The maximum Gasteiger partial charge on any atom is 0.127 e. The van der Waals surface area contributed by atoms with Crippen molar-refractivity contribution in [1.82, 2.24) is 0 Å². The van der Waals surface area contributed by atoms with Crippen LogP contribution < -0.4 is 4.74 Å². The average Bonchev–Trinajstić information content (AvgIpc) is 2.53. The van der Waals surface area contributed by atoms with E-state index in [1.165, 1.54) is 11.1 Å². The zero-order valence-corrected chi connectivity index (χ0v) is 12.9. The lowest BCUT2D eigenvalue weighted by Crippen LogP contribution is -2.06. The fourth-order valence-electron chi connectivity index (χ4n) is 2.50. The van der Waals surface area contributed by atoms with Crippen LogP contribution in [0.15, 0.2) is 48.5 Å². The number of rotatable bonds is 6. The number of aldehydes is 1. The quantitative estimate of drug-likeness (QED) is 0.737. The molecule has 0 heterocycles. The summed E-state index contributed by atoms with van der Waals surface area (Å²) in [5.41, 5.74) is 3.43. The van der Waals surface area contributed by atoms with E-state index in [1.54, 1.807) is 7.11 Å². The monoisotopic (exact) mass is 282 g/mol. The molecule has 0 aliphatic heterocycles. The van der Waals surface area contributed by atoms with E-state index >= 15 is 0 Å². The lowest BCUT2D eigenvalue weighted by molar-refractivity contribution is -0.109. The van der Waals surface area contributed by atoms with Gasteiger partial charge in [0.25, 0.3) is 0 Å². The van der Waals surface area contributed by atoms with Crippen LogP contribution in [0.2, 0.25) is 0 Å². The molecular formula is C19H22O2. The first-order valence-corrected chi connectivity index (χ1v) is 7.32. The molecule has 2 rings (SSSR count). The Morgan fingerprint density at radius 3 is 2.29 bits per heavy atom. The summed E-state index contributed by atoms with van der Waals surface area (Å²) in [6.45, 7) is 4.36. The van der Waals surface area contributed by atoms with Crippen molar-refractivity contribution in [2.75, 3.05) is 7.11 Å². The molecule has 0 aliphatic carbocycles. The molecule has 21 heavy (non-hydrogen) atoms. The van der Waals surface area contributed by atoms with Gasteiger partial charge in [-0.3, -0.25) is 0 Å². The van der Waals surface area contributed by atoms with Crippen molar-refractivity contribution in [3.63, 3.8) is 0 Å². The summed E-state index contributed by atoms with van der Waals surface area (Å²) in [7, 11) is 1.64. The smallest absolute Gasteiger partial charge is 0.127 e. The van der Waals surface area contributed by atoms with Crippen molar-refractivity contribution in [1.29, 1.82) is 0 Å². The lowest BCUT2D eigenvalue weighted by atomic mass is 9.91. The maximum absolute atomic E-state index is 11.5. The van der Waals surface area contributed by atoms with Gasteiger partial charge in [-0.2, -0.15) is 0 Å². The fraction of sp³-hybridized carbons (Fsp3) is 0.316. The zero-order chi connectivity index (χ0) is 15.2. The second-order valence-corrected chi connectivity index (χ2v) is 5.58. The largest absolute Gasteiger partial charge is 0.496 e. The van der Waals surface area contributed by atoms with Gasteiger partial charge in [-0.1, -0.05) is 56.3 Å². The highest BCUT2D eigenvalue weighted by atomic mass is 16.5. The highest BCUT2D eigenvalue weighted by Crippen LogP contribution is 2.28. The lowest BCUT2D eigenvalue weighted by Gasteiger charge is -2.15. The van der Waals surface area contributed by atoms with Crippen molar-refractivity contribution in [3.8, 4) is 5.75 Å². The number of methoxy groups -OCH3 is 1. The Balaban J connectivity index is 2.21. The first-order chi connectivity index (χ1) is 10.2. The van der Waals surface area contributed by atoms with E-state index in [0.717, 1.165) is 17.6 Å². The van der Waals surface area contributed by atoms with Crippen LogP contribution in [0.25, 0.3) is 0 Å². The van der Waals surface area contributed by atoms with Gasteiger partial charge < -0.3 is 9.53 Å². The number of carbonyl (C=O) groups excluding carboxylic acids is 1. The van der Waals surface area contributed by atoms with Crippen molar-refractivity contribution in [3.05, 3.63) is 65.2 Å². The van der Waals surface area contributed by atoms with Gasteiger partial charge in [0.1, 0.15) is 12.0 Å². The molecule has 110 valence electrons. The molecular weight excluding hydrogens is 260 g/mol. The summed E-state index contributed by atoms with van der Waals surface area (Å²) in [6.07, 6.45) is 1.70. The summed E-state index contributed by atoms with van der Waals surface area (Å²) < 4.78 is 5.36. The third-order valence-electron chi connectivity index (χ3n) is 3.80. The number of ether oxygens (including phenoxy) is 1. The highest BCUT2D eigenvalue weighted by molar-refractivity contribution is 5.65. The SMILES string of the molecule is COc1ccccc1C(C=O)Cc1ccc(C(C)C)cc1. The number of hydrogen-bond acceptors (Lipinski definition) is 2. The van der Waals surface area contributed by atoms with E-state index in [-0.39, 0.29) is 5.92 Å². The van der Waals surface area contributed by atoms with Crippen LogP contribution in [0.1, 0.15) is 42.4 Å². The Morgan fingerprint density at radius 2 is 1.71 bits per heavy atom. The van der Waals surface area contributed by atoms with Crippen molar-refractivity contribution in [2.24, 2.45) is 0 Å². The van der Waals surface area contributed by atoms with Crippen LogP contribution in [-0.4, -0.2) is 13.4 Å². The normalized spacial score (nSPS) is 12.2. The van der Waals surface area contributed by atoms with Gasteiger partial charge in [-0.15, -0.1) is 0 Å². The van der Waals surface area contributed by atoms with Crippen LogP contribution >= 0.6 is 0 Å². The van der Waals surface area contributed by atoms with E-state index in [1.807, 2.05) is 24.3 Å². The fourth-order valence-corrected chi connectivity index (χ4v) is 2.50. The third kappa shape index (κ3) is 3.72. The van der Waals surface area contributed by atoms with Crippen LogP contribution in [0.5, 0.6) is 5.75 Å². The second-order valence-electron chi connectivity index (χ2n) is 5.58. The number of benzene rings is 2. The number of para-hydroxylation sites is 1. The Bertz CT molecular complexity index is 585. The zero-order valence-electron chi connectivity index (χ0n) is 12.9. The van der Waals surface area contributed by atoms with Gasteiger partial charge in [0.15, 0.2) is 0 Å². The van der Waals surface area contributed by atoms with Crippen molar-refractivity contribution in [2.45, 2.75) is 32.1 Å². The van der Waals surface area contributed by atoms with E-state index in [0.29, 0.717) is 12.3 Å². The Labute approximate surface area is 126 Å². The predicted octanol–water partition coefficient (Wildman–Crippen LogP) is 4.34. The number of hydrogen-bond donors (Lipinski definition) is 0. The first-order valence-electron chi connectivity index (χ1n) is 7.32. The number of carbonyl (C=O) groups is 1. The van der Waals surface area contributed by atoms with Crippen molar-refractivity contribution < 1.29 is 9.53 Å². The van der Waals surface area contributed by atoms with E-state index in [4.69, 9.17) is 4.74 Å². The Morgan fingerprint density at radius 1 is 1.05 bits per heavy atom. The predicted molar refractivity (Wildman–Crippen MR) is 86.0 cm³/mol. The van der Waals surface area contributed by atoms with Crippen molar-refractivity contribution >= 4 is 6.29 Å².